The fourth-order valence-electron chi connectivity index (χ4n) is 2.51. The number of nitrogens with zero attached hydrogens (tertiary/aromatic N) is 1. The number of rotatable bonds is 7. The summed E-state index contributed by atoms with van der Waals surface area (Å²) in [6.45, 7) is 2.94. The van der Waals surface area contributed by atoms with Gasteiger partial charge < -0.3 is 14.8 Å². The largest absolute Gasteiger partial charge is 0.496 e. The molecule has 0 radical (unpaired) electrons. The molecule has 1 aromatic heterocycles. The third kappa shape index (κ3) is 4.28. The predicted molar refractivity (Wildman–Crippen MR) is 104 cm³/mol. The van der Waals surface area contributed by atoms with Crippen LogP contribution in [0.3, 0.4) is 0 Å². The average Bonchev–Trinajstić information content (AvgIpc) is 3.21. The van der Waals surface area contributed by atoms with E-state index in [2.05, 4.69) is 10.3 Å². The van der Waals surface area contributed by atoms with E-state index in [1.54, 1.807) is 42.8 Å². The third-order valence-electron chi connectivity index (χ3n) is 3.83. The molecule has 0 saturated carbocycles. The van der Waals surface area contributed by atoms with Crippen LogP contribution in [-0.4, -0.2) is 24.6 Å². The highest BCUT2D eigenvalue weighted by Crippen LogP contribution is 2.24. The van der Waals surface area contributed by atoms with Crippen LogP contribution in [0.2, 0.25) is 0 Å². The van der Waals surface area contributed by atoms with Crippen molar-refractivity contribution < 1.29 is 14.3 Å². The molecule has 2 aromatic carbocycles. The molecule has 1 N–H and O–H groups in total. The maximum Gasteiger partial charge on any atom is 0.255 e. The van der Waals surface area contributed by atoms with Gasteiger partial charge in [-0.2, -0.15) is 0 Å². The van der Waals surface area contributed by atoms with Crippen molar-refractivity contribution in [2.45, 2.75) is 13.5 Å². The van der Waals surface area contributed by atoms with E-state index in [4.69, 9.17) is 9.47 Å². The molecule has 0 aliphatic carbocycles. The molecule has 134 valence electrons. The second-order valence-electron chi connectivity index (χ2n) is 5.53. The number of ether oxygens (including phenoxy) is 2. The molecule has 26 heavy (non-hydrogen) atoms. The fourth-order valence-corrected chi connectivity index (χ4v) is 3.15. The Kier molecular flexibility index (Phi) is 5.99. The zero-order chi connectivity index (χ0) is 18.4. The van der Waals surface area contributed by atoms with Crippen molar-refractivity contribution in [1.29, 1.82) is 0 Å². The van der Waals surface area contributed by atoms with Gasteiger partial charge in [-0.25, -0.2) is 4.98 Å². The maximum absolute atomic E-state index is 12.6. The lowest BCUT2D eigenvalue weighted by Crippen LogP contribution is -2.12. The molecule has 0 bridgehead atoms. The van der Waals surface area contributed by atoms with Crippen LogP contribution in [0.4, 0.5) is 5.69 Å². The lowest BCUT2D eigenvalue weighted by Gasteiger charge is -2.11. The fraction of sp³-hybridized carbons (Fsp3) is 0.200. The molecule has 0 aliphatic rings. The van der Waals surface area contributed by atoms with Crippen LogP contribution in [0.25, 0.3) is 10.6 Å². The summed E-state index contributed by atoms with van der Waals surface area (Å²) in [5.74, 6) is 0.537. The molecule has 1 heterocycles. The number of hydrogen-bond donors (Lipinski definition) is 1. The van der Waals surface area contributed by atoms with E-state index in [9.17, 15) is 4.79 Å². The molecule has 0 fully saturated rings. The Bertz CT molecular complexity index is 861. The first-order chi connectivity index (χ1) is 12.7. The van der Waals surface area contributed by atoms with Crippen LogP contribution >= 0.6 is 11.3 Å². The van der Waals surface area contributed by atoms with Gasteiger partial charge in [0.2, 0.25) is 0 Å². The van der Waals surface area contributed by atoms with Crippen molar-refractivity contribution in [3.63, 3.8) is 0 Å². The Labute approximate surface area is 156 Å². The van der Waals surface area contributed by atoms with Crippen molar-refractivity contribution >= 4 is 22.9 Å². The van der Waals surface area contributed by atoms with Crippen LogP contribution in [0.5, 0.6) is 5.75 Å². The summed E-state index contributed by atoms with van der Waals surface area (Å²) in [4.78, 5) is 16.8. The van der Waals surface area contributed by atoms with Gasteiger partial charge in [0, 0.05) is 40.6 Å². The van der Waals surface area contributed by atoms with Crippen LogP contribution in [0, 0.1) is 0 Å². The summed E-state index contributed by atoms with van der Waals surface area (Å²) in [6, 6.07) is 13.0. The Morgan fingerprint density at radius 3 is 2.65 bits per heavy atom. The number of anilines is 1. The molecule has 3 aromatic rings. The number of carbonyl (C=O) groups excluding carboxylic acids is 1. The van der Waals surface area contributed by atoms with Crippen LogP contribution in [-0.2, 0) is 11.3 Å². The molecule has 5 nitrogen and oxygen atoms in total. The van der Waals surface area contributed by atoms with Gasteiger partial charge >= 0.3 is 0 Å². The van der Waals surface area contributed by atoms with Crippen molar-refractivity contribution in [2.24, 2.45) is 0 Å². The molecule has 0 spiro atoms. The summed E-state index contributed by atoms with van der Waals surface area (Å²) >= 11 is 1.58. The smallest absolute Gasteiger partial charge is 0.255 e. The van der Waals surface area contributed by atoms with Gasteiger partial charge in [0.25, 0.3) is 5.91 Å². The number of nitrogens with one attached hydrogen (secondary N) is 1. The Morgan fingerprint density at radius 2 is 2.00 bits per heavy atom. The first kappa shape index (κ1) is 18.1. The van der Waals surface area contributed by atoms with Gasteiger partial charge in [0.15, 0.2) is 0 Å². The average molecular weight is 368 g/mol. The Balaban J connectivity index is 1.73. The van der Waals surface area contributed by atoms with Gasteiger partial charge in [-0.15, -0.1) is 11.3 Å². The van der Waals surface area contributed by atoms with Crippen LogP contribution < -0.4 is 10.1 Å². The Morgan fingerprint density at radius 1 is 1.19 bits per heavy atom. The number of methoxy groups -OCH3 is 1. The second-order valence-corrected chi connectivity index (χ2v) is 6.43. The first-order valence-electron chi connectivity index (χ1n) is 8.27. The quantitative estimate of drug-likeness (QED) is 0.662. The molecular weight excluding hydrogens is 348 g/mol. The van der Waals surface area contributed by atoms with Crippen molar-refractivity contribution in [3.8, 4) is 16.3 Å². The first-order valence-corrected chi connectivity index (χ1v) is 9.15. The summed E-state index contributed by atoms with van der Waals surface area (Å²) in [7, 11) is 1.61. The number of thiazole rings is 1. The number of amides is 1. The van der Waals surface area contributed by atoms with Gasteiger partial charge in [-0.3, -0.25) is 4.79 Å². The normalized spacial score (nSPS) is 10.5. The number of benzene rings is 2. The van der Waals surface area contributed by atoms with Gasteiger partial charge in [0.05, 0.1) is 13.7 Å². The summed E-state index contributed by atoms with van der Waals surface area (Å²) < 4.78 is 10.8. The van der Waals surface area contributed by atoms with E-state index in [0.717, 1.165) is 21.8 Å². The summed E-state index contributed by atoms with van der Waals surface area (Å²) in [5, 5.41) is 5.81. The lowest BCUT2D eigenvalue weighted by atomic mass is 10.1. The van der Waals surface area contributed by atoms with Gasteiger partial charge in [0.1, 0.15) is 10.8 Å². The zero-order valence-electron chi connectivity index (χ0n) is 14.7. The zero-order valence-corrected chi connectivity index (χ0v) is 15.5. The van der Waals surface area contributed by atoms with Crippen LogP contribution in [0.1, 0.15) is 22.8 Å². The number of aromatic nitrogens is 1. The highest BCUT2D eigenvalue weighted by atomic mass is 32.1. The van der Waals surface area contributed by atoms with Gasteiger partial charge in [-0.05, 0) is 49.4 Å². The van der Waals surface area contributed by atoms with E-state index in [-0.39, 0.29) is 5.91 Å². The SMILES string of the molecule is CCOCc1cc(C(=O)Nc2ccc(-c3nccs3)cc2)ccc1OC. The van der Waals surface area contributed by atoms with Crippen molar-refractivity contribution in [3.05, 3.63) is 65.2 Å². The minimum Gasteiger partial charge on any atom is -0.496 e. The van der Waals surface area contributed by atoms with E-state index >= 15 is 0 Å². The molecule has 0 unspecified atom stereocenters. The lowest BCUT2D eigenvalue weighted by molar-refractivity contribution is 0.102. The third-order valence-corrected chi connectivity index (χ3v) is 4.65. The van der Waals surface area contributed by atoms with Crippen molar-refractivity contribution in [1.82, 2.24) is 4.98 Å². The highest BCUT2D eigenvalue weighted by Gasteiger charge is 2.11. The molecule has 1 amide bonds. The minimum absolute atomic E-state index is 0.174. The molecule has 0 aliphatic heterocycles. The predicted octanol–water partition coefficient (Wildman–Crippen LogP) is 4.61. The topological polar surface area (TPSA) is 60.5 Å². The summed E-state index contributed by atoms with van der Waals surface area (Å²) in [5.41, 5.74) is 3.17. The Hall–Kier alpha value is -2.70. The van der Waals surface area contributed by atoms with E-state index in [1.165, 1.54) is 0 Å². The molecule has 3 rings (SSSR count). The van der Waals surface area contributed by atoms with E-state index in [1.807, 2.05) is 36.6 Å². The van der Waals surface area contributed by atoms with Gasteiger partial charge in [-0.1, -0.05) is 0 Å². The summed E-state index contributed by atoms with van der Waals surface area (Å²) in [6.07, 6.45) is 1.78. The molecule has 6 heteroatoms. The maximum atomic E-state index is 12.6. The molecule has 0 atom stereocenters. The standard InChI is InChI=1S/C20H20N2O3S/c1-3-25-13-16-12-15(6-9-18(16)24-2)19(23)22-17-7-4-14(5-8-17)20-21-10-11-26-20/h4-12H,3,13H2,1-2H3,(H,22,23). The minimum atomic E-state index is -0.174. The molecule has 0 saturated heterocycles. The van der Waals surface area contributed by atoms with E-state index in [0.29, 0.717) is 24.5 Å². The van der Waals surface area contributed by atoms with Crippen molar-refractivity contribution in [2.75, 3.05) is 19.0 Å². The van der Waals surface area contributed by atoms with E-state index < -0.39 is 0 Å². The molecular formula is C20H20N2O3S. The van der Waals surface area contributed by atoms with Crippen LogP contribution in [0.15, 0.2) is 54.0 Å². The highest BCUT2D eigenvalue weighted by molar-refractivity contribution is 7.13. The monoisotopic (exact) mass is 368 g/mol. The number of hydrogen-bond acceptors (Lipinski definition) is 5. The second kappa shape index (κ2) is 8.60. The number of carbonyl (C=O) groups is 1.